The summed E-state index contributed by atoms with van der Waals surface area (Å²) >= 11 is 0. The summed E-state index contributed by atoms with van der Waals surface area (Å²) in [6.45, 7) is 2.65. The molecule has 0 bridgehead atoms. The molecular weight excluding hydrogens is 194 g/mol. The zero-order chi connectivity index (χ0) is 10.7. The highest BCUT2D eigenvalue weighted by atomic mass is 16.5. The molecule has 1 saturated heterocycles. The summed E-state index contributed by atoms with van der Waals surface area (Å²) in [6, 6.07) is 0. The van der Waals surface area contributed by atoms with E-state index in [1.807, 2.05) is 11.9 Å². The lowest BCUT2D eigenvalue weighted by atomic mass is 10.0. The molecule has 6 heteroatoms. The Morgan fingerprint density at radius 2 is 2.53 bits per heavy atom. The van der Waals surface area contributed by atoms with Crippen LogP contribution in [-0.2, 0) is 4.74 Å². The van der Waals surface area contributed by atoms with Gasteiger partial charge in [-0.3, -0.25) is 0 Å². The summed E-state index contributed by atoms with van der Waals surface area (Å²) in [5.74, 6) is 1.58. The number of H-pyrrole nitrogens is 1. The molecule has 3 N–H and O–H groups in total. The van der Waals surface area contributed by atoms with Crippen molar-refractivity contribution in [3.63, 3.8) is 0 Å². The number of nitrogens with two attached hydrogens (primary N) is 1. The average Bonchev–Trinajstić information content (AvgIpc) is 2.66. The van der Waals surface area contributed by atoms with Crippen LogP contribution in [0.3, 0.4) is 0 Å². The van der Waals surface area contributed by atoms with Gasteiger partial charge in [-0.05, 0) is 18.8 Å². The summed E-state index contributed by atoms with van der Waals surface area (Å²) in [7, 11) is 1.97. The van der Waals surface area contributed by atoms with Crippen LogP contribution in [-0.4, -0.2) is 42.0 Å². The summed E-state index contributed by atoms with van der Waals surface area (Å²) in [4.78, 5) is 6.08. The second-order valence-electron chi connectivity index (χ2n) is 3.98. The van der Waals surface area contributed by atoms with Gasteiger partial charge in [0.15, 0.2) is 0 Å². The predicted molar refractivity (Wildman–Crippen MR) is 57.6 cm³/mol. The van der Waals surface area contributed by atoms with Gasteiger partial charge < -0.3 is 15.4 Å². The lowest BCUT2D eigenvalue weighted by Crippen LogP contribution is -2.31. The van der Waals surface area contributed by atoms with E-state index >= 15 is 0 Å². The van der Waals surface area contributed by atoms with Crippen LogP contribution in [0, 0.1) is 5.92 Å². The molecule has 2 rings (SSSR count). The van der Waals surface area contributed by atoms with Crippen molar-refractivity contribution in [1.29, 1.82) is 0 Å². The Labute approximate surface area is 88.8 Å². The molecule has 1 aliphatic rings. The highest BCUT2D eigenvalue weighted by Gasteiger charge is 2.17. The van der Waals surface area contributed by atoms with Crippen molar-refractivity contribution < 1.29 is 4.74 Å². The largest absolute Gasteiger partial charge is 0.381 e. The van der Waals surface area contributed by atoms with Crippen molar-refractivity contribution in [2.24, 2.45) is 5.92 Å². The average molecular weight is 211 g/mol. The fraction of sp³-hybridized carbons (Fsp3) is 0.778. The van der Waals surface area contributed by atoms with Crippen LogP contribution >= 0.6 is 0 Å². The number of nitrogens with one attached hydrogen (secondary N) is 1. The van der Waals surface area contributed by atoms with E-state index in [-0.39, 0.29) is 0 Å². The van der Waals surface area contributed by atoms with Crippen LogP contribution in [0.15, 0.2) is 0 Å². The van der Waals surface area contributed by atoms with Gasteiger partial charge in [0.25, 0.3) is 0 Å². The van der Waals surface area contributed by atoms with Crippen LogP contribution < -0.4 is 10.6 Å². The van der Waals surface area contributed by atoms with Crippen LogP contribution in [0.2, 0.25) is 0 Å². The molecule has 84 valence electrons. The molecule has 2 heterocycles. The van der Waals surface area contributed by atoms with Gasteiger partial charge in [-0.15, -0.1) is 5.10 Å². The lowest BCUT2D eigenvalue weighted by molar-refractivity contribution is 0.0575. The van der Waals surface area contributed by atoms with Crippen LogP contribution in [0.1, 0.15) is 12.8 Å². The monoisotopic (exact) mass is 211 g/mol. The molecular formula is C9H17N5O. The normalized spacial score (nSPS) is 21.5. The van der Waals surface area contributed by atoms with Gasteiger partial charge in [0.2, 0.25) is 11.9 Å². The van der Waals surface area contributed by atoms with Crippen molar-refractivity contribution in [3.05, 3.63) is 0 Å². The standard InChI is InChI=1S/C9H17N5O/c1-14(9-11-8(10)12-13-9)5-7-3-2-4-15-6-7/h7H,2-6H2,1H3,(H3,10,11,12,13). The summed E-state index contributed by atoms with van der Waals surface area (Å²) in [6.07, 6.45) is 2.36. The SMILES string of the molecule is CN(CC1CCCOC1)c1n[nH]c(N)n1. The minimum Gasteiger partial charge on any atom is -0.381 e. The Morgan fingerprint density at radius 1 is 1.67 bits per heavy atom. The smallest absolute Gasteiger partial charge is 0.246 e. The molecule has 0 amide bonds. The first-order valence-corrected chi connectivity index (χ1v) is 5.22. The van der Waals surface area contributed by atoms with Crippen molar-refractivity contribution in [2.75, 3.05) is 37.4 Å². The highest BCUT2D eigenvalue weighted by Crippen LogP contribution is 2.16. The molecule has 0 saturated carbocycles. The molecule has 0 aliphatic carbocycles. The lowest BCUT2D eigenvalue weighted by Gasteiger charge is -2.26. The van der Waals surface area contributed by atoms with E-state index in [0.717, 1.165) is 26.2 Å². The Hall–Kier alpha value is -1.30. The van der Waals surface area contributed by atoms with Gasteiger partial charge in [-0.25, -0.2) is 5.10 Å². The van der Waals surface area contributed by atoms with Crippen molar-refractivity contribution in [3.8, 4) is 0 Å². The van der Waals surface area contributed by atoms with Crippen LogP contribution in [0.25, 0.3) is 0 Å². The van der Waals surface area contributed by atoms with Crippen molar-refractivity contribution >= 4 is 11.9 Å². The number of anilines is 2. The molecule has 1 atom stereocenters. The van der Waals surface area contributed by atoms with E-state index < -0.39 is 0 Å². The predicted octanol–water partition coefficient (Wildman–Crippen LogP) is 0.250. The molecule has 15 heavy (non-hydrogen) atoms. The van der Waals surface area contributed by atoms with Gasteiger partial charge in [0, 0.05) is 20.2 Å². The first kappa shape index (κ1) is 10.2. The maximum Gasteiger partial charge on any atom is 0.246 e. The van der Waals surface area contributed by atoms with Gasteiger partial charge in [-0.1, -0.05) is 0 Å². The summed E-state index contributed by atoms with van der Waals surface area (Å²) in [5, 5.41) is 6.64. The van der Waals surface area contributed by atoms with Crippen molar-refractivity contribution in [2.45, 2.75) is 12.8 Å². The quantitative estimate of drug-likeness (QED) is 0.749. The van der Waals surface area contributed by atoms with E-state index in [4.69, 9.17) is 10.5 Å². The maximum atomic E-state index is 5.47. The first-order valence-electron chi connectivity index (χ1n) is 5.22. The fourth-order valence-electron chi connectivity index (χ4n) is 1.86. The topological polar surface area (TPSA) is 80.1 Å². The van der Waals surface area contributed by atoms with E-state index in [9.17, 15) is 0 Å². The fourth-order valence-corrected chi connectivity index (χ4v) is 1.86. The second-order valence-corrected chi connectivity index (χ2v) is 3.98. The Bertz CT molecular complexity index is 307. The molecule has 1 fully saturated rings. The molecule has 1 unspecified atom stereocenters. The first-order chi connectivity index (χ1) is 7.25. The number of nitrogen functional groups attached to an aromatic ring is 1. The Balaban J connectivity index is 1.88. The van der Waals surface area contributed by atoms with Gasteiger partial charge in [0.05, 0.1) is 6.61 Å². The second kappa shape index (κ2) is 4.48. The van der Waals surface area contributed by atoms with Gasteiger partial charge in [0.1, 0.15) is 0 Å². The number of hydrogen-bond donors (Lipinski definition) is 2. The zero-order valence-electron chi connectivity index (χ0n) is 8.94. The summed E-state index contributed by atoms with van der Waals surface area (Å²) < 4.78 is 5.42. The third-order valence-corrected chi connectivity index (χ3v) is 2.62. The number of aromatic amines is 1. The number of ether oxygens (including phenoxy) is 1. The van der Waals surface area contributed by atoms with E-state index in [1.54, 1.807) is 0 Å². The highest BCUT2D eigenvalue weighted by molar-refractivity contribution is 5.32. The molecule has 6 nitrogen and oxygen atoms in total. The molecule has 1 aromatic rings. The zero-order valence-corrected chi connectivity index (χ0v) is 8.94. The Morgan fingerprint density at radius 3 is 3.13 bits per heavy atom. The number of hydrogen-bond acceptors (Lipinski definition) is 5. The van der Waals surface area contributed by atoms with Crippen molar-refractivity contribution in [1.82, 2.24) is 15.2 Å². The third kappa shape index (κ3) is 2.59. The van der Waals surface area contributed by atoms with Gasteiger partial charge >= 0.3 is 0 Å². The van der Waals surface area contributed by atoms with Crippen LogP contribution in [0.4, 0.5) is 11.9 Å². The van der Waals surface area contributed by atoms with Gasteiger partial charge in [-0.2, -0.15) is 4.98 Å². The van der Waals surface area contributed by atoms with E-state index in [0.29, 0.717) is 17.8 Å². The molecule has 1 aliphatic heterocycles. The molecule has 0 radical (unpaired) electrons. The minimum absolute atomic E-state index is 0.358. The number of rotatable bonds is 3. The number of nitrogens with zero attached hydrogens (tertiary/aromatic N) is 3. The third-order valence-electron chi connectivity index (χ3n) is 2.62. The minimum atomic E-state index is 0.358. The van der Waals surface area contributed by atoms with E-state index in [2.05, 4.69) is 15.2 Å². The summed E-state index contributed by atoms with van der Waals surface area (Å²) in [5.41, 5.74) is 5.47. The Kier molecular flexibility index (Phi) is 3.05. The molecule has 1 aromatic heterocycles. The van der Waals surface area contributed by atoms with E-state index in [1.165, 1.54) is 6.42 Å². The molecule has 0 spiro atoms. The van der Waals surface area contributed by atoms with Crippen LogP contribution in [0.5, 0.6) is 0 Å². The molecule has 0 aromatic carbocycles. The maximum absolute atomic E-state index is 5.47. The number of aromatic nitrogens is 3.